The van der Waals surface area contributed by atoms with Crippen molar-refractivity contribution in [1.29, 1.82) is 0 Å². The van der Waals surface area contributed by atoms with Crippen LogP contribution in [0.3, 0.4) is 0 Å². The van der Waals surface area contributed by atoms with Crippen LogP contribution in [0, 0.1) is 13.8 Å². The van der Waals surface area contributed by atoms with Crippen molar-refractivity contribution in [2.24, 2.45) is 0 Å². The number of benzene rings is 2. The van der Waals surface area contributed by atoms with E-state index in [1.807, 2.05) is 0 Å². The van der Waals surface area contributed by atoms with Crippen molar-refractivity contribution in [2.45, 2.75) is 20.0 Å². The van der Waals surface area contributed by atoms with Gasteiger partial charge in [-0.05, 0) is 44.2 Å². The van der Waals surface area contributed by atoms with Gasteiger partial charge >= 0.3 is 6.18 Å². The molecule has 3 aromatic rings. The fourth-order valence-electron chi connectivity index (χ4n) is 3.08. The summed E-state index contributed by atoms with van der Waals surface area (Å²) in [6.07, 6.45) is -4.53. The van der Waals surface area contributed by atoms with Crippen molar-refractivity contribution in [2.75, 3.05) is 5.32 Å². The van der Waals surface area contributed by atoms with Crippen LogP contribution >= 0.6 is 34.8 Å². The molecule has 0 unspecified atom stereocenters. The van der Waals surface area contributed by atoms with E-state index in [2.05, 4.69) is 5.32 Å². The van der Waals surface area contributed by atoms with Crippen LogP contribution in [0.4, 0.5) is 18.9 Å². The normalized spacial score (nSPS) is 11.6. The molecule has 2 aromatic carbocycles. The molecule has 0 saturated heterocycles. The zero-order valence-electron chi connectivity index (χ0n) is 15.2. The van der Waals surface area contributed by atoms with Gasteiger partial charge in [-0.15, -0.1) is 0 Å². The summed E-state index contributed by atoms with van der Waals surface area (Å²) in [7, 11) is 0. The van der Waals surface area contributed by atoms with Gasteiger partial charge in [0.05, 0.1) is 37.6 Å². The van der Waals surface area contributed by atoms with Crippen LogP contribution in [-0.2, 0) is 6.18 Å². The van der Waals surface area contributed by atoms with Crippen molar-refractivity contribution < 1.29 is 18.0 Å². The molecule has 3 rings (SSSR count). The highest BCUT2D eigenvalue weighted by Crippen LogP contribution is 2.36. The molecule has 3 nitrogen and oxygen atoms in total. The Morgan fingerprint density at radius 2 is 1.59 bits per heavy atom. The fourth-order valence-corrected chi connectivity index (χ4v) is 3.67. The predicted molar refractivity (Wildman–Crippen MR) is 110 cm³/mol. The second-order valence-electron chi connectivity index (χ2n) is 6.34. The minimum atomic E-state index is -4.53. The first-order valence-corrected chi connectivity index (χ1v) is 9.45. The molecule has 1 aromatic heterocycles. The van der Waals surface area contributed by atoms with Crippen molar-refractivity contribution >= 4 is 46.4 Å². The van der Waals surface area contributed by atoms with Crippen LogP contribution < -0.4 is 5.32 Å². The smallest absolute Gasteiger partial charge is 0.321 e. The molecule has 9 heteroatoms. The largest absolute Gasteiger partial charge is 0.418 e. The van der Waals surface area contributed by atoms with Gasteiger partial charge in [-0.1, -0.05) is 46.9 Å². The Labute approximate surface area is 180 Å². The molecule has 1 N–H and O–H groups in total. The number of nitrogens with zero attached hydrogens (tertiary/aromatic N) is 1. The highest BCUT2D eigenvalue weighted by molar-refractivity contribution is 6.44. The van der Waals surface area contributed by atoms with E-state index in [1.165, 1.54) is 41.0 Å². The van der Waals surface area contributed by atoms with Crippen LogP contribution in [0.15, 0.2) is 42.5 Å². The maximum atomic E-state index is 13.4. The number of aryl methyl sites for hydroxylation is 1. The maximum absolute atomic E-state index is 13.4. The lowest BCUT2D eigenvalue weighted by Crippen LogP contribution is -2.15. The van der Waals surface area contributed by atoms with E-state index in [-0.39, 0.29) is 32.0 Å². The van der Waals surface area contributed by atoms with E-state index in [9.17, 15) is 18.0 Å². The first-order chi connectivity index (χ1) is 13.5. The van der Waals surface area contributed by atoms with Crippen LogP contribution in [0.5, 0.6) is 0 Å². The molecule has 0 saturated carbocycles. The van der Waals surface area contributed by atoms with Crippen LogP contribution in [-0.4, -0.2) is 10.5 Å². The molecule has 0 spiro atoms. The highest BCUT2D eigenvalue weighted by Gasteiger charge is 2.34. The molecule has 0 bridgehead atoms. The van der Waals surface area contributed by atoms with Gasteiger partial charge in [0.15, 0.2) is 0 Å². The Bertz CT molecular complexity index is 1110. The van der Waals surface area contributed by atoms with Gasteiger partial charge in [-0.2, -0.15) is 13.2 Å². The molecule has 0 radical (unpaired) electrons. The summed E-state index contributed by atoms with van der Waals surface area (Å²) in [6.45, 7) is 3.20. The van der Waals surface area contributed by atoms with Crippen LogP contribution in [0.1, 0.15) is 27.3 Å². The molecule has 152 valence electrons. The Balaban J connectivity index is 2.03. The predicted octanol–water partition coefficient (Wildman–Crippen LogP) is 7.33. The first-order valence-electron chi connectivity index (χ1n) is 8.32. The highest BCUT2D eigenvalue weighted by atomic mass is 35.5. The number of aromatic nitrogens is 1. The van der Waals surface area contributed by atoms with E-state index >= 15 is 0 Å². The van der Waals surface area contributed by atoms with E-state index in [0.29, 0.717) is 11.4 Å². The third kappa shape index (κ3) is 4.25. The summed E-state index contributed by atoms with van der Waals surface area (Å²) in [5, 5.41) is 3.24. The standard InChI is InChI=1S/C20H14Cl3F3N2O/c1-10-7-12(19(29)27-17-9-15(22)14(21)8-16(17)23)11(2)28(10)18-6-4-3-5-13(18)20(24,25)26/h3-9H,1-2H3,(H,27,29). The molecule has 29 heavy (non-hydrogen) atoms. The number of para-hydroxylation sites is 1. The topological polar surface area (TPSA) is 34.0 Å². The summed E-state index contributed by atoms with van der Waals surface area (Å²) >= 11 is 17.9. The number of halogens is 6. The number of carbonyl (C=O) groups excluding carboxylic acids is 1. The number of alkyl halides is 3. The lowest BCUT2D eigenvalue weighted by molar-refractivity contribution is -0.137. The summed E-state index contributed by atoms with van der Waals surface area (Å²) in [4.78, 5) is 12.8. The van der Waals surface area contributed by atoms with Crippen molar-refractivity contribution in [1.82, 2.24) is 4.57 Å². The minimum absolute atomic E-state index is 0.0541. The van der Waals surface area contributed by atoms with Gasteiger partial charge in [-0.3, -0.25) is 4.79 Å². The zero-order valence-corrected chi connectivity index (χ0v) is 17.4. The van der Waals surface area contributed by atoms with Crippen molar-refractivity contribution in [3.05, 3.63) is 80.0 Å². The molecular formula is C20H14Cl3F3N2O. The second kappa shape index (κ2) is 7.94. The molecule has 0 aliphatic carbocycles. The molecule has 0 aliphatic rings. The number of anilines is 1. The summed E-state index contributed by atoms with van der Waals surface area (Å²) in [6, 6.07) is 9.51. The number of rotatable bonds is 3. The van der Waals surface area contributed by atoms with Gasteiger partial charge in [0, 0.05) is 11.4 Å². The second-order valence-corrected chi connectivity index (χ2v) is 7.56. The lowest BCUT2D eigenvalue weighted by atomic mass is 10.1. The van der Waals surface area contributed by atoms with E-state index < -0.39 is 17.6 Å². The third-order valence-electron chi connectivity index (χ3n) is 4.38. The number of hydrogen-bond donors (Lipinski definition) is 1. The number of nitrogens with one attached hydrogen (secondary N) is 1. The van der Waals surface area contributed by atoms with Crippen molar-refractivity contribution in [3.63, 3.8) is 0 Å². The fraction of sp³-hybridized carbons (Fsp3) is 0.150. The van der Waals surface area contributed by atoms with E-state index in [4.69, 9.17) is 34.8 Å². The summed E-state index contributed by atoms with van der Waals surface area (Å²) in [5.74, 6) is -0.533. The molecule has 1 amide bonds. The first kappa shape index (κ1) is 21.6. The van der Waals surface area contributed by atoms with Gasteiger partial charge in [0.25, 0.3) is 5.91 Å². The molecular weight excluding hydrogens is 448 g/mol. The third-order valence-corrected chi connectivity index (χ3v) is 5.42. The molecule has 1 heterocycles. The molecule has 0 fully saturated rings. The lowest BCUT2D eigenvalue weighted by Gasteiger charge is -2.17. The van der Waals surface area contributed by atoms with Gasteiger partial charge in [0.1, 0.15) is 0 Å². The quantitative estimate of drug-likeness (QED) is 0.407. The van der Waals surface area contributed by atoms with Crippen LogP contribution in [0.25, 0.3) is 5.69 Å². The van der Waals surface area contributed by atoms with Crippen LogP contribution in [0.2, 0.25) is 15.1 Å². The maximum Gasteiger partial charge on any atom is 0.418 e. The Morgan fingerprint density at radius 3 is 2.24 bits per heavy atom. The average molecular weight is 462 g/mol. The Hall–Kier alpha value is -2.15. The Kier molecular flexibility index (Phi) is 5.90. The van der Waals surface area contributed by atoms with E-state index in [1.54, 1.807) is 13.8 Å². The molecule has 0 aliphatic heterocycles. The SMILES string of the molecule is Cc1cc(C(=O)Nc2cc(Cl)c(Cl)cc2Cl)c(C)n1-c1ccccc1C(F)(F)F. The average Bonchev–Trinajstić information content (AvgIpc) is 2.93. The Morgan fingerprint density at radius 1 is 0.966 bits per heavy atom. The molecule has 0 atom stereocenters. The number of amides is 1. The van der Waals surface area contributed by atoms with Gasteiger partial charge in [0.2, 0.25) is 0 Å². The monoisotopic (exact) mass is 460 g/mol. The zero-order chi connectivity index (χ0) is 21.5. The summed E-state index contributed by atoms with van der Waals surface area (Å²) in [5.41, 5.74) is 0.438. The minimum Gasteiger partial charge on any atom is -0.321 e. The van der Waals surface area contributed by atoms with Gasteiger partial charge in [-0.25, -0.2) is 0 Å². The van der Waals surface area contributed by atoms with Crippen molar-refractivity contribution in [3.8, 4) is 5.69 Å². The summed E-state index contributed by atoms with van der Waals surface area (Å²) < 4.78 is 41.7. The number of carbonyl (C=O) groups is 1. The number of hydrogen-bond acceptors (Lipinski definition) is 1. The van der Waals surface area contributed by atoms with Gasteiger partial charge < -0.3 is 9.88 Å². The van der Waals surface area contributed by atoms with E-state index in [0.717, 1.165) is 6.07 Å².